The van der Waals surface area contributed by atoms with Gasteiger partial charge in [0.05, 0.1) is 0 Å². The van der Waals surface area contributed by atoms with Crippen molar-refractivity contribution >= 4 is 15.9 Å². The lowest BCUT2D eigenvalue weighted by Gasteiger charge is -2.16. The van der Waals surface area contributed by atoms with Crippen molar-refractivity contribution < 1.29 is 4.39 Å². The SMILES string of the molecule is NC1c2ccccc2CC1Cc1cc(Br)ccc1F. The zero-order chi connectivity index (χ0) is 13.4. The van der Waals surface area contributed by atoms with Crippen LogP contribution in [0.2, 0.25) is 0 Å². The minimum atomic E-state index is -0.147. The standard InChI is InChI=1S/C16H15BrFN/c17-13-5-6-15(18)11(9-13)8-12-7-10-3-1-2-4-14(10)16(12)19/h1-6,9,12,16H,7-8,19H2. The van der Waals surface area contributed by atoms with Crippen molar-refractivity contribution in [2.75, 3.05) is 0 Å². The van der Waals surface area contributed by atoms with E-state index in [2.05, 4.69) is 28.1 Å². The van der Waals surface area contributed by atoms with Crippen molar-refractivity contribution in [3.63, 3.8) is 0 Å². The molecule has 0 amide bonds. The van der Waals surface area contributed by atoms with Gasteiger partial charge in [-0.1, -0.05) is 40.2 Å². The van der Waals surface area contributed by atoms with E-state index in [-0.39, 0.29) is 17.8 Å². The average Bonchev–Trinajstić information content (AvgIpc) is 2.72. The second-order valence-corrected chi connectivity index (χ2v) is 6.04. The fraction of sp³-hybridized carbons (Fsp3) is 0.250. The molecule has 19 heavy (non-hydrogen) atoms. The van der Waals surface area contributed by atoms with Gasteiger partial charge in [-0.2, -0.15) is 0 Å². The number of fused-ring (bicyclic) bond motifs is 1. The molecular weight excluding hydrogens is 305 g/mol. The van der Waals surface area contributed by atoms with E-state index in [4.69, 9.17) is 5.73 Å². The summed E-state index contributed by atoms with van der Waals surface area (Å²) in [4.78, 5) is 0. The predicted octanol–water partition coefficient (Wildman–Crippen LogP) is 4.00. The Morgan fingerprint density at radius 3 is 2.79 bits per heavy atom. The van der Waals surface area contributed by atoms with Crippen LogP contribution >= 0.6 is 15.9 Å². The quantitative estimate of drug-likeness (QED) is 0.889. The molecule has 2 unspecified atom stereocenters. The van der Waals surface area contributed by atoms with Gasteiger partial charge < -0.3 is 5.73 Å². The maximum absolute atomic E-state index is 13.8. The van der Waals surface area contributed by atoms with Crippen LogP contribution in [0.4, 0.5) is 4.39 Å². The van der Waals surface area contributed by atoms with Gasteiger partial charge in [-0.05, 0) is 53.6 Å². The molecule has 0 fully saturated rings. The Balaban J connectivity index is 1.85. The average molecular weight is 320 g/mol. The Bertz CT molecular complexity index is 611. The van der Waals surface area contributed by atoms with Crippen LogP contribution in [0.3, 0.4) is 0 Å². The van der Waals surface area contributed by atoms with E-state index in [9.17, 15) is 4.39 Å². The molecule has 0 saturated heterocycles. The molecule has 98 valence electrons. The first-order chi connectivity index (χ1) is 9.15. The summed E-state index contributed by atoms with van der Waals surface area (Å²) in [6.07, 6.45) is 1.62. The fourth-order valence-corrected chi connectivity index (χ4v) is 3.30. The van der Waals surface area contributed by atoms with Gasteiger partial charge in [0, 0.05) is 10.5 Å². The van der Waals surface area contributed by atoms with E-state index in [0.717, 1.165) is 16.5 Å². The van der Waals surface area contributed by atoms with Crippen LogP contribution in [-0.4, -0.2) is 0 Å². The summed E-state index contributed by atoms with van der Waals surface area (Å²) < 4.78 is 14.7. The minimum Gasteiger partial charge on any atom is -0.324 e. The molecule has 0 aliphatic heterocycles. The topological polar surface area (TPSA) is 26.0 Å². The maximum Gasteiger partial charge on any atom is 0.126 e. The smallest absolute Gasteiger partial charge is 0.126 e. The fourth-order valence-electron chi connectivity index (χ4n) is 2.89. The number of halogens is 2. The molecule has 0 heterocycles. The van der Waals surface area contributed by atoms with Gasteiger partial charge in [0.1, 0.15) is 5.82 Å². The van der Waals surface area contributed by atoms with Gasteiger partial charge in [0.2, 0.25) is 0 Å². The lowest BCUT2D eigenvalue weighted by molar-refractivity contribution is 0.454. The molecule has 0 saturated carbocycles. The van der Waals surface area contributed by atoms with Crippen LogP contribution in [0.25, 0.3) is 0 Å². The minimum absolute atomic E-state index is 0.00887. The molecular formula is C16H15BrFN. The third-order valence-electron chi connectivity index (χ3n) is 3.89. The largest absolute Gasteiger partial charge is 0.324 e. The molecule has 2 aromatic carbocycles. The maximum atomic E-state index is 13.8. The van der Waals surface area contributed by atoms with E-state index in [1.165, 1.54) is 17.2 Å². The van der Waals surface area contributed by atoms with Crippen LogP contribution in [0.15, 0.2) is 46.9 Å². The highest BCUT2D eigenvalue weighted by Crippen LogP contribution is 2.36. The number of rotatable bonds is 2. The third-order valence-corrected chi connectivity index (χ3v) is 4.39. The van der Waals surface area contributed by atoms with Crippen LogP contribution in [0.5, 0.6) is 0 Å². The van der Waals surface area contributed by atoms with E-state index in [1.54, 1.807) is 6.07 Å². The van der Waals surface area contributed by atoms with E-state index < -0.39 is 0 Å². The van der Waals surface area contributed by atoms with Crippen LogP contribution in [0.1, 0.15) is 22.7 Å². The molecule has 0 aromatic heterocycles. The summed E-state index contributed by atoms with van der Waals surface area (Å²) in [6.45, 7) is 0. The summed E-state index contributed by atoms with van der Waals surface area (Å²) in [6, 6.07) is 13.3. The Hall–Kier alpha value is -1.19. The monoisotopic (exact) mass is 319 g/mol. The van der Waals surface area contributed by atoms with E-state index >= 15 is 0 Å². The normalized spacial score (nSPS) is 21.4. The molecule has 2 N–H and O–H groups in total. The van der Waals surface area contributed by atoms with Crippen LogP contribution < -0.4 is 5.73 Å². The number of hydrogen-bond donors (Lipinski definition) is 1. The molecule has 1 aliphatic rings. The molecule has 1 nitrogen and oxygen atoms in total. The van der Waals surface area contributed by atoms with Crippen molar-refractivity contribution in [1.82, 2.24) is 0 Å². The molecule has 3 heteroatoms. The highest BCUT2D eigenvalue weighted by Gasteiger charge is 2.29. The zero-order valence-electron chi connectivity index (χ0n) is 10.4. The second kappa shape index (κ2) is 5.06. The van der Waals surface area contributed by atoms with Gasteiger partial charge in [-0.25, -0.2) is 4.39 Å². The Morgan fingerprint density at radius 1 is 1.21 bits per heavy atom. The summed E-state index contributed by atoms with van der Waals surface area (Å²) in [5.74, 6) is 0.132. The Labute approximate surface area is 120 Å². The zero-order valence-corrected chi connectivity index (χ0v) is 12.0. The van der Waals surface area contributed by atoms with E-state index in [0.29, 0.717) is 6.42 Å². The highest BCUT2D eigenvalue weighted by atomic mass is 79.9. The molecule has 1 aliphatic carbocycles. The summed E-state index contributed by atoms with van der Waals surface area (Å²) >= 11 is 3.39. The van der Waals surface area contributed by atoms with Crippen molar-refractivity contribution in [3.8, 4) is 0 Å². The van der Waals surface area contributed by atoms with Gasteiger partial charge >= 0.3 is 0 Å². The first-order valence-electron chi connectivity index (χ1n) is 6.42. The number of hydrogen-bond acceptors (Lipinski definition) is 1. The highest BCUT2D eigenvalue weighted by molar-refractivity contribution is 9.10. The van der Waals surface area contributed by atoms with Crippen LogP contribution in [-0.2, 0) is 12.8 Å². The molecule has 3 rings (SSSR count). The van der Waals surface area contributed by atoms with Crippen molar-refractivity contribution in [2.24, 2.45) is 11.7 Å². The molecule has 0 spiro atoms. The summed E-state index contributed by atoms with van der Waals surface area (Å²) in [5.41, 5.74) is 9.54. The first-order valence-corrected chi connectivity index (χ1v) is 7.22. The Kier molecular flexibility index (Phi) is 3.42. The number of benzene rings is 2. The van der Waals surface area contributed by atoms with Gasteiger partial charge in [0.25, 0.3) is 0 Å². The van der Waals surface area contributed by atoms with Crippen LogP contribution in [0, 0.1) is 11.7 Å². The first kappa shape index (κ1) is 12.8. The predicted molar refractivity (Wildman–Crippen MR) is 78.4 cm³/mol. The summed E-state index contributed by atoms with van der Waals surface area (Å²) in [5, 5.41) is 0. The van der Waals surface area contributed by atoms with Crippen molar-refractivity contribution in [2.45, 2.75) is 18.9 Å². The molecule has 0 radical (unpaired) electrons. The molecule has 0 bridgehead atoms. The van der Waals surface area contributed by atoms with Gasteiger partial charge in [-0.3, -0.25) is 0 Å². The summed E-state index contributed by atoms with van der Waals surface area (Å²) in [7, 11) is 0. The third kappa shape index (κ3) is 2.45. The van der Waals surface area contributed by atoms with Crippen molar-refractivity contribution in [3.05, 3.63) is 69.4 Å². The van der Waals surface area contributed by atoms with Gasteiger partial charge in [-0.15, -0.1) is 0 Å². The lowest BCUT2D eigenvalue weighted by atomic mass is 9.93. The van der Waals surface area contributed by atoms with Crippen molar-refractivity contribution in [1.29, 1.82) is 0 Å². The van der Waals surface area contributed by atoms with E-state index in [1.807, 2.05) is 18.2 Å². The molecule has 2 aromatic rings. The second-order valence-electron chi connectivity index (χ2n) is 5.13. The number of nitrogens with two attached hydrogens (primary N) is 1. The Morgan fingerprint density at radius 2 is 2.00 bits per heavy atom. The molecule has 2 atom stereocenters. The lowest BCUT2D eigenvalue weighted by Crippen LogP contribution is -2.19. The van der Waals surface area contributed by atoms with Gasteiger partial charge in [0.15, 0.2) is 0 Å².